The smallest absolute Gasteiger partial charge is 0.0676 e. The predicted octanol–water partition coefficient (Wildman–Crippen LogP) is 0.234. The fourth-order valence-corrected chi connectivity index (χ4v) is 1.34. The first-order valence-corrected chi connectivity index (χ1v) is 4.61. The van der Waals surface area contributed by atoms with Crippen molar-refractivity contribution in [1.29, 1.82) is 0 Å². The Labute approximate surface area is 85.3 Å². The summed E-state index contributed by atoms with van der Waals surface area (Å²) < 4.78 is 0. The molecule has 4 nitrogen and oxygen atoms in total. The minimum atomic E-state index is -0.0648. The lowest BCUT2D eigenvalue weighted by atomic mass is 10.3. The maximum absolute atomic E-state index is 8.67. The molecule has 3 N–H and O–H groups in total. The molecule has 2 fully saturated rings. The molecule has 0 bridgehead atoms. The van der Waals surface area contributed by atoms with Crippen molar-refractivity contribution in [2.45, 2.75) is 25.4 Å². The molecule has 2 aliphatic rings. The number of rotatable bonds is 0. The second kappa shape index (κ2) is 7.53. The van der Waals surface area contributed by atoms with Crippen molar-refractivity contribution in [3.05, 3.63) is 0 Å². The molecule has 5 heteroatoms. The maximum Gasteiger partial charge on any atom is 0.0676 e. The molecular formula is C8H19ClN2O2. The monoisotopic (exact) mass is 210 g/mol. The van der Waals surface area contributed by atoms with Crippen molar-refractivity contribution in [3.8, 4) is 0 Å². The van der Waals surface area contributed by atoms with Gasteiger partial charge in [-0.1, -0.05) is 0 Å². The molecule has 0 saturated carbocycles. The average Bonchev–Trinajstić information content (AvgIpc) is 2.63. The van der Waals surface area contributed by atoms with Crippen LogP contribution in [0.25, 0.3) is 0 Å². The number of hydrogen-bond acceptors (Lipinski definition) is 4. The van der Waals surface area contributed by atoms with Crippen LogP contribution in [0.15, 0.2) is 0 Å². The van der Waals surface area contributed by atoms with Gasteiger partial charge in [-0.25, -0.2) is 0 Å². The van der Waals surface area contributed by atoms with E-state index in [4.69, 9.17) is 10.3 Å². The lowest BCUT2D eigenvalue weighted by molar-refractivity contribution is -0.0678. The summed E-state index contributed by atoms with van der Waals surface area (Å²) in [5.41, 5.74) is 0. The topological polar surface area (TPSA) is 55.7 Å². The van der Waals surface area contributed by atoms with Crippen LogP contribution in [0.2, 0.25) is 0 Å². The first-order valence-electron chi connectivity index (χ1n) is 4.61. The van der Waals surface area contributed by atoms with E-state index >= 15 is 0 Å². The van der Waals surface area contributed by atoms with Crippen LogP contribution in [0.1, 0.15) is 19.3 Å². The van der Waals surface area contributed by atoms with Gasteiger partial charge in [-0.15, -0.1) is 12.4 Å². The summed E-state index contributed by atoms with van der Waals surface area (Å²) in [6, 6.07) is 0. The third-order valence-corrected chi connectivity index (χ3v) is 2.12. The van der Waals surface area contributed by atoms with Crippen molar-refractivity contribution in [1.82, 2.24) is 10.4 Å². The maximum atomic E-state index is 8.67. The normalized spacial score (nSPS) is 27.7. The Morgan fingerprint density at radius 2 is 1.85 bits per heavy atom. The van der Waals surface area contributed by atoms with Crippen molar-refractivity contribution in [2.24, 2.45) is 0 Å². The van der Waals surface area contributed by atoms with Crippen molar-refractivity contribution < 1.29 is 10.3 Å². The number of β-amino-alcohol motifs (C(OH)–C–C–N with tert-alkyl or cyclic N) is 1. The van der Waals surface area contributed by atoms with E-state index in [1.54, 1.807) is 0 Å². The van der Waals surface area contributed by atoms with Gasteiger partial charge >= 0.3 is 0 Å². The molecular weight excluding hydrogens is 192 g/mol. The molecule has 0 aliphatic carbocycles. The molecule has 13 heavy (non-hydrogen) atoms. The summed E-state index contributed by atoms with van der Waals surface area (Å²) in [5.74, 6) is 0. The fraction of sp³-hybridized carbons (Fsp3) is 1.00. The Bertz CT molecular complexity index is 101. The number of aliphatic hydroxyl groups excluding tert-OH is 1. The third-order valence-electron chi connectivity index (χ3n) is 2.12. The number of aliphatic hydroxyl groups is 1. The van der Waals surface area contributed by atoms with Crippen LogP contribution in [0.3, 0.4) is 0 Å². The standard InChI is InChI=1S/2C4H9NO.ClH/c6-4-1-2-5-3-4;6-5-3-1-2-4-5;/h4-6H,1-3H2;6H,1-4H2;1H/t4-;;/m1../s1. The minimum Gasteiger partial charge on any atom is -0.392 e. The highest BCUT2D eigenvalue weighted by Gasteiger charge is 2.08. The van der Waals surface area contributed by atoms with Crippen molar-refractivity contribution >= 4 is 12.4 Å². The van der Waals surface area contributed by atoms with Gasteiger partial charge in [-0.3, -0.25) is 0 Å². The van der Waals surface area contributed by atoms with E-state index in [0.717, 1.165) is 45.4 Å². The van der Waals surface area contributed by atoms with E-state index < -0.39 is 0 Å². The average molecular weight is 211 g/mol. The van der Waals surface area contributed by atoms with E-state index in [0.29, 0.717) is 0 Å². The molecule has 2 saturated heterocycles. The van der Waals surface area contributed by atoms with Gasteiger partial charge < -0.3 is 15.6 Å². The molecule has 80 valence electrons. The van der Waals surface area contributed by atoms with Gasteiger partial charge in [-0.2, -0.15) is 5.06 Å². The van der Waals surface area contributed by atoms with Crippen LogP contribution in [-0.2, 0) is 0 Å². The van der Waals surface area contributed by atoms with Crippen LogP contribution in [0.5, 0.6) is 0 Å². The molecule has 2 rings (SSSR count). The quantitative estimate of drug-likeness (QED) is 0.536. The highest BCUT2D eigenvalue weighted by Crippen LogP contribution is 2.01. The van der Waals surface area contributed by atoms with Gasteiger partial charge in [0.05, 0.1) is 6.10 Å². The Balaban J connectivity index is 0.000000206. The molecule has 1 atom stereocenters. The zero-order valence-electron chi connectivity index (χ0n) is 7.78. The molecule has 0 spiro atoms. The number of halogens is 1. The largest absolute Gasteiger partial charge is 0.392 e. The Kier molecular flexibility index (Phi) is 7.60. The highest BCUT2D eigenvalue weighted by atomic mass is 35.5. The predicted molar refractivity (Wildman–Crippen MR) is 53.3 cm³/mol. The Morgan fingerprint density at radius 1 is 1.23 bits per heavy atom. The Morgan fingerprint density at radius 3 is 2.00 bits per heavy atom. The molecule has 0 unspecified atom stereocenters. The first kappa shape index (κ1) is 13.1. The second-order valence-electron chi connectivity index (χ2n) is 3.31. The summed E-state index contributed by atoms with van der Waals surface area (Å²) in [7, 11) is 0. The molecule has 2 heterocycles. The van der Waals surface area contributed by atoms with E-state index in [1.165, 1.54) is 5.06 Å². The molecule has 0 aromatic carbocycles. The molecule has 2 aliphatic heterocycles. The molecule has 0 aromatic rings. The number of nitrogens with one attached hydrogen (secondary N) is 1. The summed E-state index contributed by atoms with van der Waals surface area (Å²) in [4.78, 5) is 0. The first-order chi connectivity index (χ1) is 5.79. The second-order valence-corrected chi connectivity index (χ2v) is 3.31. The van der Waals surface area contributed by atoms with Crippen molar-refractivity contribution in [2.75, 3.05) is 26.2 Å². The number of hydroxylamine groups is 2. The van der Waals surface area contributed by atoms with Gasteiger partial charge in [0.2, 0.25) is 0 Å². The van der Waals surface area contributed by atoms with Crippen molar-refractivity contribution in [3.63, 3.8) is 0 Å². The van der Waals surface area contributed by atoms with Crippen LogP contribution in [-0.4, -0.2) is 47.7 Å². The molecule has 0 amide bonds. The van der Waals surface area contributed by atoms with E-state index in [2.05, 4.69) is 5.32 Å². The van der Waals surface area contributed by atoms with Crippen LogP contribution in [0.4, 0.5) is 0 Å². The summed E-state index contributed by atoms with van der Waals surface area (Å²) in [6.45, 7) is 3.53. The van der Waals surface area contributed by atoms with E-state index in [9.17, 15) is 0 Å². The minimum absolute atomic E-state index is 0. The van der Waals surface area contributed by atoms with Gasteiger partial charge in [0.15, 0.2) is 0 Å². The van der Waals surface area contributed by atoms with Crippen LogP contribution >= 0.6 is 12.4 Å². The zero-order valence-corrected chi connectivity index (χ0v) is 8.59. The number of nitrogens with zero attached hydrogens (tertiary/aromatic N) is 1. The lowest BCUT2D eigenvalue weighted by Gasteiger charge is -1.99. The summed E-state index contributed by atoms with van der Waals surface area (Å²) in [5, 5.41) is 21.6. The summed E-state index contributed by atoms with van der Waals surface area (Å²) in [6.07, 6.45) is 3.19. The van der Waals surface area contributed by atoms with Gasteiger partial charge in [0, 0.05) is 19.6 Å². The van der Waals surface area contributed by atoms with E-state index in [1.807, 2.05) is 0 Å². The SMILES string of the molecule is Cl.ON1CCCC1.O[C@@H]1CCNC1. The van der Waals surface area contributed by atoms with Gasteiger partial charge in [-0.05, 0) is 25.8 Å². The highest BCUT2D eigenvalue weighted by molar-refractivity contribution is 5.85. The van der Waals surface area contributed by atoms with E-state index in [-0.39, 0.29) is 18.5 Å². The zero-order chi connectivity index (χ0) is 8.81. The van der Waals surface area contributed by atoms with Crippen LogP contribution in [0, 0.1) is 0 Å². The number of hydrogen-bond donors (Lipinski definition) is 3. The summed E-state index contributed by atoms with van der Waals surface area (Å²) >= 11 is 0. The Hall–Kier alpha value is 0.130. The molecule has 0 radical (unpaired) electrons. The van der Waals surface area contributed by atoms with Gasteiger partial charge in [0.1, 0.15) is 0 Å². The lowest BCUT2D eigenvalue weighted by Crippen LogP contribution is -2.11. The third kappa shape index (κ3) is 6.23. The van der Waals surface area contributed by atoms with Gasteiger partial charge in [0.25, 0.3) is 0 Å². The fourth-order valence-electron chi connectivity index (χ4n) is 1.34. The van der Waals surface area contributed by atoms with Crippen LogP contribution < -0.4 is 5.32 Å². The molecule has 0 aromatic heterocycles.